The van der Waals surface area contributed by atoms with Gasteiger partial charge < -0.3 is 10.4 Å². The molecule has 2 N–H and O–H groups in total. The van der Waals surface area contributed by atoms with Crippen molar-refractivity contribution in [3.05, 3.63) is 0 Å². The minimum absolute atomic E-state index is 0.311. The SMILES string of the molecule is CCCCCCCCCCCCCCCCCCNCCCO. The molecule has 0 atom stereocenters. The van der Waals surface area contributed by atoms with Crippen LogP contribution in [0.3, 0.4) is 0 Å². The van der Waals surface area contributed by atoms with E-state index < -0.39 is 0 Å². The largest absolute Gasteiger partial charge is 0.396 e. The van der Waals surface area contributed by atoms with E-state index in [1.807, 2.05) is 0 Å². The van der Waals surface area contributed by atoms with Gasteiger partial charge in [-0.25, -0.2) is 0 Å². The van der Waals surface area contributed by atoms with Gasteiger partial charge in [-0.05, 0) is 25.9 Å². The molecule has 140 valence electrons. The molecule has 0 saturated carbocycles. The van der Waals surface area contributed by atoms with Gasteiger partial charge in [0.1, 0.15) is 0 Å². The molecule has 0 spiro atoms. The summed E-state index contributed by atoms with van der Waals surface area (Å²) in [7, 11) is 0. The molecule has 0 bridgehead atoms. The quantitative estimate of drug-likeness (QED) is 0.260. The van der Waals surface area contributed by atoms with Crippen LogP contribution in [0.4, 0.5) is 0 Å². The van der Waals surface area contributed by atoms with Crippen molar-refractivity contribution in [2.75, 3.05) is 19.7 Å². The third kappa shape index (κ3) is 21.9. The fourth-order valence-electron chi connectivity index (χ4n) is 3.13. The molecule has 0 unspecified atom stereocenters. The Morgan fingerprint density at radius 3 is 1.22 bits per heavy atom. The number of unbranched alkanes of at least 4 members (excludes halogenated alkanes) is 15. The molecule has 0 aliphatic rings. The average Bonchev–Trinajstić information content (AvgIpc) is 2.57. The normalized spacial score (nSPS) is 11.2. The van der Waals surface area contributed by atoms with Crippen molar-refractivity contribution in [1.29, 1.82) is 0 Å². The van der Waals surface area contributed by atoms with Crippen LogP contribution in [-0.2, 0) is 0 Å². The van der Waals surface area contributed by atoms with Crippen LogP contribution in [0, 0.1) is 0 Å². The third-order valence-electron chi connectivity index (χ3n) is 4.72. The molecule has 2 heteroatoms. The van der Waals surface area contributed by atoms with Gasteiger partial charge in [0.25, 0.3) is 0 Å². The lowest BCUT2D eigenvalue weighted by Crippen LogP contribution is -2.17. The lowest BCUT2D eigenvalue weighted by atomic mass is 10.0. The Bertz CT molecular complexity index is 176. The van der Waals surface area contributed by atoms with Gasteiger partial charge in [-0.2, -0.15) is 0 Å². The summed E-state index contributed by atoms with van der Waals surface area (Å²) in [5.41, 5.74) is 0. The fourth-order valence-corrected chi connectivity index (χ4v) is 3.13. The van der Waals surface area contributed by atoms with Crippen molar-refractivity contribution < 1.29 is 5.11 Å². The number of hydrogen-bond acceptors (Lipinski definition) is 2. The van der Waals surface area contributed by atoms with E-state index in [2.05, 4.69) is 12.2 Å². The Labute approximate surface area is 146 Å². The molecule has 0 radical (unpaired) electrons. The Kier molecular flexibility index (Phi) is 21.8. The van der Waals surface area contributed by atoms with Gasteiger partial charge in [-0.3, -0.25) is 0 Å². The molecular weight excluding hydrogens is 282 g/mol. The zero-order chi connectivity index (χ0) is 16.8. The van der Waals surface area contributed by atoms with Crippen molar-refractivity contribution in [3.63, 3.8) is 0 Å². The van der Waals surface area contributed by atoms with Crippen LogP contribution in [0.5, 0.6) is 0 Å². The highest BCUT2D eigenvalue weighted by atomic mass is 16.3. The first-order chi connectivity index (χ1) is 11.4. The fraction of sp³-hybridized carbons (Fsp3) is 1.00. The molecule has 0 heterocycles. The Morgan fingerprint density at radius 2 is 0.826 bits per heavy atom. The van der Waals surface area contributed by atoms with Crippen molar-refractivity contribution >= 4 is 0 Å². The van der Waals surface area contributed by atoms with Gasteiger partial charge in [0.05, 0.1) is 0 Å². The van der Waals surface area contributed by atoms with Crippen LogP contribution < -0.4 is 5.32 Å². The van der Waals surface area contributed by atoms with E-state index in [4.69, 9.17) is 5.11 Å². The zero-order valence-electron chi connectivity index (χ0n) is 16.1. The molecule has 0 fully saturated rings. The van der Waals surface area contributed by atoms with Gasteiger partial charge in [0.15, 0.2) is 0 Å². The molecule has 2 nitrogen and oxygen atoms in total. The summed E-state index contributed by atoms with van der Waals surface area (Å²) >= 11 is 0. The highest BCUT2D eigenvalue weighted by molar-refractivity contribution is 4.51. The van der Waals surface area contributed by atoms with E-state index in [1.54, 1.807) is 0 Å². The first kappa shape index (κ1) is 22.9. The minimum atomic E-state index is 0.311. The van der Waals surface area contributed by atoms with Crippen LogP contribution in [0.2, 0.25) is 0 Å². The topological polar surface area (TPSA) is 32.3 Å². The van der Waals surface area contributed by atoms with Gasteiger partial charge in [-0.1, -0.05) is 103 Å². The van der Waals surface area contributed by atoms with Crippen LogP contribution in [0.1, 0.15) is 116 Å². The van der Waals surface area contributed by atoms with Gasteiger partial charge in [0.2, 0.25) is 0 Å². The first-order valence-electron chi connectivity index (χ1n) is 10.7. The van der Waals surface area contributed by atoms with E-state index in [-0.39, 0.29) is 0 Å². The molecule has 0 aromatic rings. The highest BCUT2D eigenvalue weighted by Crippen LogP contribution is 2.13. The number of nitrogens with one attached hydrogen (secondary N) is 1. The van der Waals surface area contributed by atoms with Gasteiger partial charge in [-0.15, -0.1) is 0 Å². The summed E-state index contributed by atoms with van der Waals surface area (Å²) in [5, 5.41) is 12.0. The van der Waals surface area contributed by atoms with E-state index in [1.165, 1.54) is 103 Å². The van der Waals surface area contributed by atoms with Crippen molar-refractivity contribution in [1.82, 2.24) is 5.32 Å². The average molecular weight is 328 g/mol. The number of aliphatic hydroxyl groups excluding tert-OH is 1. The second-order valence-corrected chi connectivity index (χ2v) is 7.13. The Morgan fingerprint density at radius 1 is 0.478 bits per heavy atom. The molecule has 0 saturated heterocycles. The molecule has 0 amide bonds. The Hall–Kier alpha value is -0.0800. The monoisotopic (exact) mass is 327 g/mol. The summed E-state index contributed by atoms with van der Waals surface area (Å²) < 4.78 is 0. The molecule has 0 aliphatic carbocycles. The Balaban J connectivity index is 2.92. The summed E-state index contributed by atoms with van der Waals surface area (Å²) in [6, 6.07) is 0. The predicted octanol–water partition coefficient (Wildman–Crippen LogP) is 6.22. The van der Waals surface area contributed by atoms with Crippen LogP contribution in [0.25, 0.3) is 0 Å². The standard InChI is InChI=1S/C21H45NO/c1-2-3-4-5-6-7-8-9-10-11-12-13-14-15-16-17-19-22-20-18-21-23/h22-23H,2-21H2,1H3. The summed E-state index contributed by atoms with van der Waals surface area (Å²) in [6.45, 7) is 4.69. The third-order valence-corrected chi connectivity index (χ3v) is 4.72. The maximum Gasteiger partial charge on any atom is 0.0443 e. The van der Waals surface area contributed by atoms with Crippen molar-refractivity contribution in [3.8, 4) is 0 Å². The number of hydrogen-bond donors (Lipinski definition) is 2. The summed E-state index contributed by atoms with van der Waals surface area (Å²) in [4.78, 5) is 0. The molecule has 0 aromatic heterocycles. The van der Waals surface area contributed by atoms with E-state index in [0.29, 0.717) is 6.61 Å². The zero-order valence-corrected chi connectivity index (χ0v) is 16.1. The summed E-state index contributed by atoms with van der Waals surface area (Å²) in [5.74, 6) is 0. The molecule has 0 aliphatic heterocycles. The number of aliphatic hydroxyl groups is 1. The number of rotatable bonds is 20. The van der Waals surface area contributed by atoms with Crippen molar-refractivity contribution in [2.24, 2.45) is 0 Å². The predicted molar refractivity (Wildman–Crippen MR) is 104 cm³/mol. The molecule has 0 rings (SSSR count). The minimum Gasteiger partial charge on any atom is -0.396 e. The lowest BCUT2D eigenvalue weighted by Gasteiger charge is -2.04. The molecule has 23 heavy (non-hydrogen) atoms. The molecular formula is C21H45NO. The summed E-state index contributed by atoms with van der Waals surface area (Å²) in [6.07, 6.45) is 23.8. The van der Waals surface area contributed by atoms with Crippen LogP contribution >= 0.6 is 0 Å². The van der Waals surface area contributed by atoms with E-state index in [9.17, 15) is 0 Å². The highest BCUT2D eigenvalue weighted by Gasteiger charge is 1.94. The second-order valence-electron chi connectivity index (χ2n) is 7.13. The smallest absolute Gasteiger partial charge is 0.0443 e. The van der Waals surface area contributed by atoms with Gasteiger partial charge >= 0.3 is 0 Å². The van der Waals surface area contributed by atoms with Crippen LogP contribution in [-0.4, -0.2) is 24.8 Å². The maximum atomic E-state index is 8.67. The lowest BCUT2D eigenvalue weighted by molar-refractivity contribution is 0.286. The van der Waals surface area contributed by atoms with Gasteiger partial charge in [0, 0.05) is 6.61 Å². The molecule has 0 aromatic carbocycles. The second kappa shape index (κ2) is 21.9. The van der Waals surface area contributed by atoms with E-state index >= 15 is 0 Å². The maximum absolute atomic E-state index is 8.67. The van der Waals surface area contributed by atoms with Crippen LogP contribution in [0.15, 0.2) is 0 Å². The van der Waals surface area contributed by atoms with Crippen molar-refractivity contribution in [2.45, 2.75) is 116 Å². The first-order valence-corrected chi connectivity index (χ1v) is 10.7. The van der Waals surface area contributed by atoms with E-state index in [0.717, 1.165) is 19.5 Å².